The van der Waals surface area contributed by atoms with Crippen LogP contribution in [0.1, 0.15) is 30.4 Å². The lowest BCUT2D eigenvalue weighted by Gasteiger charge is -2.36. The van der Waals surface area contributed by atoms with Crippen LogP contribution < -0.4 is 19.7 Å². The fourth-order valence-electron chi connectivity index (χ4n) is 4.98. The number of nitrogens with one attached hydrogen (secondary N) is 1. The highest BCUT2D eigenvalue weighted by molar-refractivity contribution is 6.00. The van der Waals surface area contributed by atoms with Crippen LogP contribution in [0.4, 0.5) is 14.9 Å². The molecule has 11 heteroatoms. The largest absolute Gasteiger partial charge is 0.493 e. The molecule has 0 unspecified atom stereocenters. The normalized spacial score (nSPS) is 18.9. The molecule has 2 amide bonds. The van der Waals surface area contributed by atoms with Gasteiger partial charge in [0.25, 0.3) is 5.91 Å². The number of carbonyl (C=O) groups is 2. The number of carbonyl (C=O) groups excluding carboxylic acids is 2. The van der Waals surface area contributed by atoms with E-state index in [9.17, 15) is 19.1 Å². The van der Waals surface area contributed by atoms with Crippen molar-refractivity contribution < 1.29 is 28.6 Å². The molecule has 0 bridgehead atoms. The highest BCUT2D eigenvalue weighted by Gasteiger charge is 2.32. The van der Waals surface area contributed by atoms with E-state index in [1.807, 2.05) is 7.05 Å². The molecule has 10 nitrogen and oxygen atoms in total. The van der Waals surface area contributed by atoms with Gasteiger partial charge in [-0.2, -0.15) is 9.78 Å². The molecule has 1 atom stereocenters. The minimum Gasteiger partial charge on any atom is -0.493 e. The van der Waals surface area contributed by atoms with E-state index in [4.69, 9.17) is 9.47 Å². The van der Waals surface area contributed by atoms with Gasteiger partial charge in [-0.05, 0) is 55.3 Å². The molecule has 2 aliphatic rings. The number of likely N-dealkylation sites (tertiary alicyclic amines) is 1. The Bertz CT molecular complexity index is 1370. The van der Waals surface area contributed by atoms with Crippen LogP contribution >= 0.6 is 0 Å². The molecule has 0 spiro atoms. The Labute approximate surface area is 232 Å². The zero-order chi connectivity index (χ0) is 28.3. The average Bonchev–Trinajstić information content (AvgIpc) is 3.37. The van der Waals surface area contributed by atoms with Crippen LogP contribution in [-0.4, -0.2) is 83.8 Å². The molecular weight excluding hydrogens is 517 g/mol. The lowest BCUT2D eigenvalue weighted by molar-refractivity contribution is -0.120. The van der Waals surface area contributed by atoms with E-state index in [0.717, 1.165) is 28.9 Å². The number of aromatic nitrogens is 2. The van der Waals surface area contributed by atoms with Gasteiger partial charge in [0.15, 0.2) is 0 Å². The van der Waals surface area contributed by atoms with Crippen LogP contribution in [0.15, 0.2) is 54.9 Å². The number of likely N-dealkylation sites (N-methyl/N-ethyl adjacent to an activating group) is 1. The molecule has 3 aromatic rings. The van der Waals surface area contributed by atoms with E-state index >= 15 is 0 Å². The second-order valence-corrected chi connectivity index (χ2v) is 10.6. The summed E-state index contributed by atoms with van der Waals surface area (Å²) in [5, 5.41) is 17.6. The smallest absolute Gasteiger partial charge is 0.342 e. The van der Waals surface area contributed by atoms with Gasteiger partial charge in [-0.1, -0.05) is 12.1 Å². The summed E-state index contributed by atoms with van der Waals surface area (Å²) in [5.41, 5.74) is 1.28. The van der Waals surface area contributed by atoms with Gasteiger partial charge in [-0.15, -0.1) is 0 Å². The molecule has 0 radical (unpaired) electrons. The molecule has 212 valence electrons. The lowest BCUT2D eigenvalue weighted by Crippen LogP contribution is -2.50. The van der Waals surface area contributed by atoms with Crippen molar-refractivity contribution in [2.75, 3.05) is 45.3 Å². The molecule has 2 aliphatic heterocycles. The van der Waals surface area contributed by atoms with Crippen molar-refractivity contribution in [3.8, 4) is 11.5 Å². The number of piperidine rings is 1. The molecule has 1 aromatic heterocycles. The maximum absolute atomic E-state index is 13.5. The van der Waals surface area contributed by atoms with Crippen LogP contribution in [-0.2, 0) is 11.2 Å². The van der Waals surface area contributed by atoms with E-state index < -0.39 is 17.7 Å². The second kappa shape index (κ2) is 11.6. The first-order valence-corrected chi connectivity index (χ1v) is 13.4. The molecule has 40 heavy (non-hydrogen) atoms. The number of aliphatic hydroxyl groups is 1. The van der Waals surface area contributed by atoms with Crippen LogP contribution in [0.5, 0.6) is 11.5 Å². The van der Waals surface area contributed by atoms with Crippen molar-refractivity contribution in [1.29, 1.82) is 0 Å². The lowest BCUT2D eigenvalue weighted by atomic mass is 9.89. The Morgan fingerprint density at radius 2 is 2.00 bits per heavy atom. The van der Waals surface area contributed by atoms with Gasteiger partial charge in [0.05, 0.1) is 24.1 Å². The Balaban J connectivity index is 1.18. The van der Waals surface area contributed by atoms with Crippen LogP contribution in [0.25, 0.3) is 0 Å². The fraction of sp³-hybridized carbons (Fsp3) is 0.414. The molecule has 2 aromatic carbocycles. The molecule has 3 heterocycles. The monoisotopic (exact) mass is 551 g/mol. The van der Waals surface area contributed by atoms with Crippen molar-refractivity contribution >= 4 is 17.6 Å². The zero-order valence-electron chi connectivity index (χ0n) is 22.7. The maximum Gasteiger partial charge on any atom is 0.342 e. The molecular formula is C29H34FN5O5. The molecule has 0 saturated carbocycles. The second-order valence-electron chi connectivity index (χ2n) is 10.6. The number of anilines is 1. The summed E-state index contributed by atoms with van der Waals surface area (Å²) in [6.45, 7) is 2.00. The van der Waals surface area contributed by atoms with Crippen molar-refractivity contribution in [3.63, 3.8) is 0 Å². The van der Waals surface area contributed by atoms with Gasteiger partial charge in [0.2, 0.25) is 0 Å². The first-order chi connectivity index (χ1) is 19.2. The topological polar surface area (TPSA) is 109 Å². The van der Waals surface area contributed by atoms with E-state index in [0.29, 0.717) is 49.5 Å². The standard InChI is InChI=1S/C29H34FN5O5/c1-33-11-8-29(38,9-12-33)10-13-39-23-6-7-26-25(16-23)34(2)27(36)24(19-40-26)32-28(37)35-18-21(17-31-35)14-20-4-3-5-22(30)15-20/h3-7,15-18,24,38H,8-14,19H2,1-2H3,(H,32,37)/t24-/m0/s1. The van der Waals surface area contributed by atoms with Gasteiger partial charge < -0.3 is 29.7 Å². The third-order valence-corrected chi connectivity index (χ3v) is 7.52. The summed E-state index contributed by atoms with van der Waals surface area (Å²) >= 11 is 0. The van der Waals surface area contributed by atoms with Crippen molar-refractivity contribution in [2.24, 2.45) is 0 Å². The van der Waals surface area contributed by atoms with Crippen molar-refractivity contribution in [3.05, 3.63) is 71.8 Å². The van der Waals surface area contributed by atoms with Gasteiger partial charge in [0, 0.05) is 45.2 Å². The Morgan fingerprint density at radius 1 is 1.20 bits per heavy atom. The number of ether oxygens (including phenoxy) is 2. The molecule has 2 N–H and O–H groups in total. The molecule has 5 rings (SSSR count). The maximum atomic E-state index is 13.5. The van der Waals surface area contributed by atoms with E-state index in [-0.39, 0.29) is 18.3 Å². The Kier molecular flexibility index (Phi) is 8.04. The van der Waals surface area contributed by atoms with Gasteiger partial charge in [-0.3, -0.25) is 4.79 Å². The minimum absolute atomic E-state index is 0.0545. The number of halogens is 1. The van der Waals surface area contributed by atoms with E-state index in [1.165, 1.54) is 23.2 Å². The summed E-state index contributed by atoms with van der Waals surface area (Å²) in [7, 11) is 3.66. The van der Waals surface area contributed by atoms with Gasteiger partial charge >= 0.3 is 6.03 Å². The summed E-state index contributed by atoms with van der Waals surface area (Å²) in [5.74, 6) is 0.371. The minimum atomic E-state index is -0.941. The first kappa shape index (κ1) is 27.6. The van der Waals surface area contributed by atoms with E-state index in [2.05, 4.69) is 15.3 Å². The van der Waals surface area contributed by atoms with E-state index in [1.54, 1.807) is 43.6 Å². The van der Waals surface area contributed by atoms with Gasteiger partial charge in [-0.25, -0.2) is 9.18 Å². The van der Waals surface area contributed by atoms with Gasteiger partial charge in [0.1, 0.15) is 30.0 Å². The quantitative estimate of drug-likeness (QED) is 0.465. The number of hydrogen-bond donors (Lipinski definition) is 2. The van der Waals surface area contributed by atoms with Crippen LogP contribution in [0.2, 0.25) is 0 Å². The highest BCUT2D eigenvalue weighted by atomic mass is 19.1. The number of fused-ring (bicyclic) bond motifs is 1. The molecule has 1 fully saturated rings. The number of nitrogens with zero attached hydrogens (tertiary/aromatic N) is 4. The average molecular weight is 552 g/mol. The number of amides is 2. The summed E-state index contributed by atoms with van der Waals surface area (Å²) in [6.07, 6.45) is 5.44. The third kappa shape index (κ3) is 6.43. The number of benzene rings is 2. The van der Waals surface area contributed by atoms with Crippen LogP contribution in [0.3, 0.4) is 0 Å². The summed E-state index contributed by atoms with van der Waals surface area (Å²) < 4.78 is 26.4. The Hall–Kier alpha value is -3.96. The predicted molar refractivity (Wildman–Crippen MR) is 146 cm³/mol. The van der Waals surface area contributed by atoms with Crippen LogP contribution in [0, 0.1) is 5.82 Å². The number of rotatable bonds is 7. The fourth-order valence-corrected chi connectivity index (χ4v) is 4.98. The summed E-state index contributed by atoms with van der Waals surface area (Å²) in [4.78, 5) is 29.8. The third-order valence-electron chi connectivity index (χ3n) is 7.52. The van der Waals surface area contributed by atoms with Crippen molar-refractivity contribution in [1.82, 2.24) is 20.0 Å². The SMILES string of the molecule is CN1CCC(O)(CCOc2ccc3c(c2)N(C)C(=O)[C@@H](NC(=O)n2cc(Cc4cccc(F)c4)cn2)CO3)CC1. The number of hydrogen-bond acceptors (Lipinski definition) is 7. The highest BCUT2D eigenvalue weighted by Crippen LogP contribution is 2.34. The first-order valence-electron chi connectivity index (χ1n) is 13.4. The molecule has 1 saturated heterocycles. The van der Waals surface area contributed by atoms with Crippen molar-refractivity contribution in [2.45, 2.75) is 37.3 Å². The zero-order valence-corrected chi connectivity index (χ0v) is 22.7. The Morgan fingerprint density at radius 3 is 2.77 bits per heavy atom. The summed E-state index contributed by atoms with van der Waals surface area (Å²) in [6, 6.07) is 9.93. The molecule has 0 aliphatic carbocycles. The predicted octanol–water partition coefficient (Wildman–Crippen LogP) is 2.82.